The first-order valence-electron chi connectivity index (χ1n) is 8.18. The summed E-state index contributed by atoms with van der Waals surface area (Å²) in [4.78, 5) is 23.0. The van der Waals surface area contributed by atoms with Crippen molar-refractivity contribution in [3.63, 3.8) is 0 Å². The maximum atomic E-state index is 12.7. The molecule has 6 nitrogen and oxygen atoms in total. The van der Waals surface area contributed by atoms with Crippen LogP contribution in [0.1, 0.15) is 32.0 Å². The highest BCUT2D eigenvalue weighted by Crippen LogP contribution is 2.29. The van der Waals surface area contributed by atoms with E-state index in [2.05, 4.69) is 10.5 Å². The molecule has 1 aromatic heterocycles. The molecule has 0 aliphatic heterocycles. The highest BCUT2D eigenvalue weighted by atomic mass is 19.4. The largest absolute Gasteiger partial charge is 0.478 e. The second-order valence-corrected chi connectivity index (χ2v) is 5.87. The van der Waals surface area contributed by atoms with Gasteiger partial charge in [-0.3, -0.25) is 4.79 Å². The Morgan fingerprint density at radius 1 is 1.00 bits per heavy atom. The van der Waals surface area contributed by atoms with E-state index in [-0.39, 0.29) is 16.9 Å². The monoisotopic (exact) mass is 402 g/mol. The lowest BCUT2D eigenvalue weighted by molar-refractivity contribution is -0.137. The van der Waals surface area contributed by atoms with Crippen molar-refractivity contribution in [2.24, 2.45) is 5.10 Å². The maximum Gasteiger partial charge on any atom is 0.416 e. The fourth-order valence-electron chi connectivity index (χ4n) is 2.44. The van der Waals surface area contributed by atoms with Gasteiger partial charge < -0.3 is 9.52 Å². The van der Waals surface area contributed by atoms with Crippen LogP contribution in [-0.2, 0) is 6.18 Å². The topological polar surface area (TPSA) is 91.9 Å². The Morgan fingerprint density at radius 2 is 1.72 bits per heavy atom. The van der Waals surface area contributed by atoms with Gasteiger partial charge in [-0.25, -0.2) is 10.2 Å². The molecular formula is C20H13F3N2O4. The van der Waals surface area contributed by atoms with Crippen molar-refractivity contribution >= 4 is 18.1 Å². The Hall–Kier alpha value is -3.88. The third kappa shape index (κ3) is 4.89. The number of carboxylic acids is 1. The molecule has 9 heteroatoms. The highest BCUT2D eigenvalue weighted by Gasteiger charge is 2.30. The van der Waals surface area contributed by atoms with E-state index < -0.39 is 23.6 Å². The van der Waals surface area contributed by atoms with E-state index in [1.165, 1.54) is 24.4 Å². The Bertz CT molecular complexity index is 1090. The molecule has 0 aliphatic rings. The molecule has 0 atom stereocenters. The Balaban J connectivity index is 1.68. The number of nitrogens with one attached hydrogen (secondary N) is 1. The van der Waals surface area contributed by atoms with Crippen molar-refractivity contribution < 1.29 is 32.3 Å². The molecule has 1 heterocycles. The minimum absolute atomic E-state index is 0.0995. The molecule has 148 valence electrons. The number of aromatic carboxylic acids is 1. The van der Waals surface area contributed by atoms with E-state index in [1.807, 2.05) is 0 Å². The second kappa shape index (κ2) is 8.01. The molecule has 0 fully saturated rings. The number of furan rings is 1. The van der Waals surface area contributed by atoms with Gasteiger partial charge in [0.25, 0.3) is 5.91 Å². The molecule has 0 saturated carbocycles. The summed E-state index contributed by atoms with van der Waals surface area (Å²) < 4.78 is 43.6. The van der Waals surface area contributed by atoms with Gasteiger partial charge in [-0.15, -0.1) is 0 Å². The Morgan fingerprint density at radius 3 is 2.45 bits per heavy atom. The molecule has 1 amide bonds. The number of halogens is 3. The molecule has 3 aromatic rings. The number of carbonyl (C=O) groups is 2. The van der Waals surface area contributed by atoms with Crippen molar-refractivity contribution in [3.8, 4) is 11.3 Å². The average molecular weight is 402 g/mol. The third-order valence-corrected chi connectivity index (χ3v) is 3.83. The summed E-state index contributed by atoms with van der Waals surface area (Å²) in [6.45, 7) is 0. The molecule has 29 heavy (non-hydrogen) atoms. The van der Waals surface area contributed by atoms with Crippen LogP contribution in [0, 0.1) is 0 Å². The van der Waals surface area contributed by atoms with Crippen LogP contribution >= 0.6 is 0 Å². The Labute approximate surface area is 162 Å². The number of benzene rings is 2. The SMILES string of the molecule is O=C(O)c1cccc(-c2ccc(/C=N/NC(=O)c3cccc(C(F)(F)F)c3)o2)c1. The smallest absolute Gasteiger partial charge is 0.416 e. The van der Waals surface area contributed by atoms with Crippen molar-refractivity contribution in [2.75, 3.05) is 0 Å². The van der Waals surface area contributed by atoms with Gasteiger partial charge in [0.15, 0.2) is 0 Å². The predicted octanol–water partition coefficient (Wildman–Crippen LogP) is 4.43. The second-order valence-electron chi connectivity index (χ2n) is 5.87. The normalized spacial score (nSPS) is 11.6. The first-order valence-corrected chi connectivity index (χ1v) is 8.18. The van der Waals surface area contributed by atoms with Crippen molar-refractivity contribution in [3.05, 3.63) is 83.1 Å². The number of carboxylic acid groups (broad SMARTS) is 1. The number of rotatable bonds is 5. The lowest BCUT2D eigenvalue weighted by Crippen LogP contribution is -2.18. The van der Waals surface area contributed by atoms with Crippen LogP contribution in [0.3, 0.4) is 0 Å². The van der Waals surface area contributed by atoms with Crippen molar-refractivity contribution in [2.45, 2.75) is 6.18 Å². The van der Waals surface area contributed by atoms with Crippen LogP contribution in [0.2, 0.25) is 0 Å². The molecule has 0 radical (unpaired) electrons. The summed E-state index contributed by atoms with van der Waals surface area (Å²) in [5.41, 5.74) is 1.63. The summed E-state index contributed by atoms with van der Waals surface area (Å²) in [6, 6.07) is 13.2. The number of hydrogen-bond acceptors (Lipinski definition) is 4. The zero-order valence-electron chi connectivity index (χ0n) is 14.6. The minimum atomic E-state index is -4.55. The highest BCUT2D eigenvalue weighted by molar-refractivity contribution is 5.95. The number of alkyl halides is 3. The van der Waals surface area contributed by atoms with Crippen LogP contribution in [0.5, 0.6) is 0 Å². The van der Waals surface area contributed by atoms with Crippen LogP contribution in [0.25, 0.3) is 11.3 Å². The van der Waals surface area contributed by atoms with Crippen LogP contribution in [0.4, 0.5) is 13.2 Å². The molecule has 2 aromatic carbocycles. The molecule has 0 saturated heterocycles. The van der Waals surface area contributed by atoms with Crippen molar-refractivity contribution in [1.29, 1.82) is 0 Å². The van der Waals surface area contributed by atoms with Gasteiger partial charge in [0.05, 0.1) is 17.3 Å². The van der Waals surface area contributed by atoms with E-state index in [0.29, 0.717) is 11.3 Å². The lowest BCUT2D eigenvalue weighted by atomic mass is 10.1. The van der Waals surface area contributed by atoms with E-state index >= 15 is 0 Å². The average Bonchev–Trinajstić information content (AvgIpc) is 3.16. The van der Waals surface area contributed by atoms with E-state index in [0.717, 1.165) is 18.2 Å². The number of amides is 1. The van der Waals surface area contributed by atoms with Crippen LogP contribution in [0.15, 0.2) is 70.2 Å². The van der Waals surface area contributed by atoms with Gasteiger partial charge >= 0.3 is 12.1 Å². The predicted molar refractivity (Wildman–Crippen MR) is 97.6 cm³/mol. The van der Waals surface area contributed by atoms with Gasteiger partial charge in [0.2, 0.25) is 0 Å². The molecule has 0 unspecified atom stereocenters. The van der Waals surface area contributed by atoms with Crippen LogP contribution < -0.4 is 5.43 Å². The number of carbonyl (C=O) groups excluding carboxylic acids is 1. The molecule has 0 aliphatic carbocycles. The first-order chi connectivity index (χ1) is 13.7. The Kier molecular flexibility index (Phi) is 5.49. The summed E-state index contributed by atoms with van der Waals surface area (Å²) >= 11 is 0. The molecule has 2 N–H and O–H groups in total. The molecular weight excluding hydrogens is 389 g/mol. The van der Waals surface area contributed by atoms with Gasteiger partial charge in [-0.1, -0.05) is 18.2 Å². The van der Waals surface area contributed by atoms with Gasteiger partial charge in [-0.2, -0.15) is 18.3 Å². The van der Waals surface area contributed by atoms with Crippen molar-refractivity contribution in [1.82, 2.24) is 5.43 Å². The summed E-state index contributed by atoms with van der Waals surface area (Å²) in [5, 5.41) is 12.7. The minimum Gasteiger partial charge on any atom is -0.478 e. The van der Waals surface area contributed by atoms with Crippen LogP contribution in [-0.4, -0.2) is 23.2 Å². The summed E-state index contributed by atoms with van der Waals surface area (Å²) in [5.74, 6) is -1.24. The molecule has 0 spiro atoms. The van der Waals surface area contributed by atoms with Gasteiger partial charge in [0, 0.05) is 11.1 Å². The third-order valence-electron chi connectivity index (χ3n) is 3.83. The molecule has 3 rings (SSSR count). The molecule has 0 bridgehead atoms. The first kappa shape index (κ1) is 19.9. The standard InChI is InChI=1S/C20H13F3N2O4/c21-20(22,23)15-6-2-4-13(10-15)18(26)25-24-11-16-7-8-17(29-16)12-3-1-5-14(9-12)19(27)28/h1-11H,(H,25,26)(H,27,28)/b24-11+. The lowest BCUT2D eigenvalue weighted by Gasteiger charge is -2.07. The van der Waals surface area contributed by atoms with E-state index in [1.54, 1.807) is 24.3 Å². The quantitative estimate of drug-likeness (QED) is 0.488. The fraction of sp³-hybridized carbons (Fsp3) is 0.0500. The fourth-order valence-corrected chi connectivity index (χ4v) is 2.44. The number of nitrogens with zero attached hydrogens (tertiary/aromatic N) is 1. The van der Waals surface area contributed by atoms with Gasteiger partial charge in [-0.05, 0) is 42.5 Å². The number of hydrazone groups is 1. The van der Waals surface area contributed by atoms with E-state index in [9.17, 15) is 22.8 Å². The summed E-state index contributed by atoms with van der Waals surface area (Å²) in [7, 11) is 0. The van der Waals surface area contributed by atoms with E-state index in [4.69, 9.17) is 9.52 Å². The zero-order valence-corrected chi connectivity index (χ0v) is 14.6. The maximum absolute atomic E-state index is 12.7. The zero-order chi connectivity index (χ0) is 21.0. The van der Waals surface area contributed by atoms with Gasteiger partial charge in [0.1, 0.15) is 11.5 Å². The summed E-state index contributed by atoms with van der Waals surface area (Å²) in [6.07, 6.45) is -3.38. The number of hydrogen-bond donors (Lipinski definition) is 2.